The van der Waals surface area contributed by atoms with E-state index in [-0.39, 0.29) is 11.8 Å². The van der Waals surface area contributed by atoms with E-state index in [1.165, 1.54) is 5.56 Å². The molecule has 0 aliphatic carbocycles. The standard InChI is InChI=1S/C23H29N3O3/c1-26(14-12-17-7-3-4-9-22(17)29-2)13-6-5-8-21(27)18-10-11-20-19(15-18)16-24-23(28)25-20/h3-4,7,9-11,15H,5-6,8,12-14,16H2,1-2H3,(H2,24,25,28). The van der Waals surface area contributed by atoms with Gasteiger partial charge in [-0.25, -0.2) is 4.79 Å². The number of likely N-dealkylation sites (N-methyl/N-ethyl adjacent to an activating group) is 1. The minimum Gasteiger partial charge on any atom is -0.496 e. The van der Waals surface area contributed by atoms with Crippen molar-refractivity contribution in [2.45, 2.75) is 32.2 Å². The summed E-state index contributed by atoms with van der Waals surface area (Å²) in [5, 5.41) is 5.47. The van der Waals surface area contributed by atoms with Gasteiger partial charge in [0, 0.05) is 30.8 Å². The SMILES string of the molecule is COc1ccccc1CCN(C)CCCCC(=O)c1ccc2c(c1)CNC(=O)N2. The number of benzene rings is 2. The second-order valence-corrected chi connectivity index (χ2v) is 7.43. The normalized spacial score (nSPS) is 12.9. The number of carbonyl (C=O) groups is 2. The number of hydrogen-bond acceptors (Lipinski definition) is 4. The molecule has 2 amide bonds. The van der Waals surface area contributed by atoms with E-state index in [0.29, 0.717) is 18.5 Å². The van der Waals surface area contributed by atoms with Crippen molar-refractivity contribution in [2.75, 3.05) is 32.6 Å². The summed E-state index contributed by atoms with van der Waals surface area (Å²) in [5.74, 6) is 1.09. The van der Waals surface area contributed by atoms with Crippen LogP contribution in [0.4, 0.5) is 10.5 Å². The zero-order valence-electron chi connectivity index (χ0n) is 17.2. The van der Waals surface area contributed by atoms with Crippen LogP contribution in [0.2, 0.25) is 0 Å². The molecule has 29 heavy (non-hydrogen) atoms. The number of unbranched alkanes of at least 4 members (excludes halogenated alkanes) is 1. The highest BCUT2D eigenvalue weighted by molar-refractivity contribution is 5.98. The molecule has 0 bridgehead atoms. The number of urea groups is 1. The predicted octanol–water partition coefficient (Wildman–Crippen LogP) is 3.86. The van der Waals surface area contributed by atoms with E-state index in [1.807, 2.05) is 30.3 Å². The first-order chi connectivity index (χ1) is 14.1. The lowest BCUT2D eigenvalue weighted by Crippen LogP contribution is -2.33. The van der Waals surface area contributed by atoms with Gasteiger partial charge in [-0.3, -0.25) is 4.79 Å². The number of para-hydroxylation sites is 1. The highest BCUT2D eigenvalue weighted by Crippen LogP contribution is 2.22. The Labute approximate surface area is 172 Å². The third-order valence-corrected chi connectivity index (χ3v) is 5.26. The fourth-order valence-corrected chi connectivity index (χ4v) is 3.52. The number of methoxy groups -OCH3 is 1. The number of carbonyl (C=O) groups excluding carboxylic acids is 2. The summed E-state index contributed by atoms with van der Waals surface area (Å²) in [6, 6.07) is 13.4. The molecule has 0 radical (unpaired) electrons. The molecule has 0 saturated carbocycles. The molecule has 0 atom stereocenters. The maximum Gasteiger partial charge on any atom is 0.319 e. The Morgan fingerprint density at radius 1 is 1.14 bits per heavy atom. The molecule has 6 nitrogen and oxygen atoms in total. The predicted molar refractivity (Wildman–Crippen MR) is 115 cm³/mol. The number of ketones is 1. The molecule has 0 fully saturated rings. The van der Waals surface area contributed by atoms with Gasteiger partial charge >= 0.3 is 6.03 Å². The van der Waals surface area contributed by atoms with E-state index >= 15 is 0 Å². The number of Topliss-reactive ketones (excluding diaryl/α,β-unsaturated/α-hetero) is 1. The van der Waals surface area contributed by atoms with E-state index < -0.39 is 0 Å². The summed E-state index contributed by atoms with van der Waals surface area (Å²) in [6.07, 6.45) is 3.33. The maximum absolute atomic E-state index is 12.5. The van der Waals surface area contributed by atoms with Gasteiger partial charge in [-0.1, -0.05) is 18.2 Å². The van der Waals surface area contributed by atoms with Gasteiger partial charge in [0.2, 0.25) is 0 Å². The number of anilines is 1. The van der Waals surface area contributed by atoms with Crippen molar-refractivity contribution < 1.29 is 14.3 Å². The van der Waals surface area contributed by atoms with Crippen LogP contribution in [0.5, 0.6) is 5.75 Å². The highest BCUT2D eigenvalue weighted by Gasteiger charge is 2.16. The van der Waals surface area contributed by atoms with Gasteiger partial charge in [0.05, 0.1) is 7.11 Å². The van der Waals surface area contributed by atoms with Crippen molar-refractivity contribution >= 4 is 17.5 Å². The third-order valence-electron chi connectivity index (χ3n) is 5.26. The summed E-state index contributed by atoms with van der Waals surface area (Å²) < 4.78 is 5.40. The van der Waals surface area contributed by atoms with Crippen molar-refractivity contribution in [3.63, 3.8) is 0 Å². The van der Waals surface area contributed by atoms with E-state index in [9.17, 15) is 9.59 Å². The second kappa shape index (κ2) is 10.1. The molecule has 154 valence electrons. The zero-order valence-corrected chi connectivity index (χ0v) is 17.2. The van der Waals surface area contributed by atoms with E-state index in [1.54, 1.807) is 13.2 Å². The summed E-state index contributed by atoms with van der Waals surface area (Å²) in [6.45, 7) is 2.37. The number of nitrogens with one attached hydrogen (secondary N) is 2. The van der Waals surface area contributed by atoms with Crippen molar-refractivity contribution in [1.29, 1.82) is 0 Å². The molecule has 0 spiro atoms. The molecule has 3 rings (SSSR count). The van der Waals surface area contributed by atoms with Crippen molar-refractivity contribution in [3.8, 4) is 5.75 Å². The van der Waals surface area contributed by atoms with Crippen LogP contribution in [-0.4, -0.2) is 44.0 Å². The summed E-state index contributed by atoms with van der Waals surface area (Å²) in [7, 11) is 3.82. The molecule has 1 heterocycles. The lowest BCUT2D eigenvalue weighted by atomic mass is 10.0. The molecule has 6 heteroatoms. The van der Waals surface area contributed by atoms with Crippen LogP contribution in [0.3, 0.4) is 0 Å². The molecule has 1 aliphatic heterocycles. The molecule has 2 N–H and O–H groups in total. The van der Waals surface area contributed by atoms with Crippen molar-refractivity contribution in [2.24, 2.45) is 0 Å². The molecule has 2 aromatic rings. The summed E-state index contributed by atoms with van der Waals surface area (Å²) in [5.41, 5.74) is 3.66. The average molecular weight is 396 g/mol. The van der Waals surface area contributed by atoms with Crippen LogP contribution < -0.4 is 15.4 Å². The fourth-order valence-electron chi connectivity index (χ4n) is 3.52. The maximum atomic E-state index is 12.5. The molecular formula is C23H29N3O3. The van der Waals surface area contributed by atoms with Gasteiger partial charge in [-0.05, 0) is 68.2 Å². The molecular weight excluding hydrogens is 366 g/mol. The fraction of sp³-hybridized carbons (Fsp3) is 0.391. The molecule has 0 unspecified atom stereocenters. The molecule has 0 saturated heterocycles. The van der Waals surface area contributed by atoms with Crippen LogP contribution in [0.1, 0.15) is 40.7 Å². The third kappa shape index (κ3) is 5.81. The number of rotatable bonds is 10. The van der Waals surface area contributed by atoms with Crippen LogP contribution in [0.25, 0.3) is 0 Å². The van der Waals surface area contributed by atoms with Crippen molar-refractivity contribution in [3.05, 3.63) is 59.2 Å². The van der Waals surface area contributed by atoms with Gasteiger partial charge < -0.3 is 20.3 Å². The van der Waals surface area contributed by atoms with E-state index in [0.717, 1.165) is 49.4 Å². The molecule has 0 aromatic heterocycles. The van der Waals surface area contributed by atoms with Crippen molar-refractivity contribution in [1.82, 2.24) is 10.2 Å². The Hall–Kier alpha value is -2.86. The average Bonchev–Trinajstić information content (AvgIpc) is 2.74. The van der Waals surface area contributed by atoms with Gasteiger partial charge in [0.1, 0.15) is 5.75 Å². The lowest BCUT2D eigenvalue weighted by Gasteiger charge is -2.19. The Morgan fingerprint density at radius 3 is 2.79 bits per heavy atom. The lowest BCUT2D eigenvalue weighted by molar-refractivity contribution is 0.0978. The zero-order chi connectivity index (χ0) is 20.6. The summed E-state index contributed by atoms with van der Waals surface area (Å²) in [4.78, 5) is 26.1. The minimum absolute atomic E-state index is 0.154. The Balaban J connectivity index is 1.39. The first-order valence-corrected chi connectivity index (χ1v) is 10.1. The quantitative estimate of drug-likeness (QED) is 0.473. The topological polar surface area (TPSA) is 70.7 Å². The second-order valence-electron chi connectivity index (χ2n) is 7.43. The van der Waals surface area contributed by atoms with Gasteiger partial charge in [0.25, 0.3) is 0 Å². The smallest absolute Gasteiger partial charge is 0.319 e. The number of nitrogens with zero attached hydrogens (tertiary/aromatic N) is 1. The number of amides is 2. The Bertz CT molecular complexity index is 866. The first kappa shape index (κ1) is 20.9. The van der Waals surface area contributed by atoms with Crippen LogP contribution in [0.15, 0.2) is 42.5 Å². The molecule has 1 aliphatic rings. The monoisotopic (exact) mass is 395 g/mol. The number of hydrogen-bond donors (Lipinski definition) is 2. The van der Waals surface area contributed by atoms with E-state index in [4.69, 9.17) is 4.74 Å². The largest absolute Gasteiger partial charge is 0.496 e. The van der Waals surface area contributed by atoms with Crippen LogP contribution >= 0.6 is 0 Å². The number of ether oxygens (including phenoxy) is 1. The molecule has 2 aromatic carbocycles. The van der Waals surface area contributed by atoms with Crippen LogP contribution in [-0.2, 0) is 13.0 Å². The van der Waals surface area contributed by atoms with Gasteiger partial charge in [0.15, 0.2) is 5.78 Å². The Morgan fingerprint density at radius 2 is 1.97 bits per heavy atom. The van der Waals surface area contributed by atoms with Gasteiger partial charge in [-0.15, -0.1) is 0 Å². The van der Waals surface area contributed by atoms with Gasteiger partial charge in [-0.2, -0.15) is 0 Å². The minimum atomic E-state index is -0.202. The first-order valence-electron chi connectivity index (χ1n) is 10.1. The summed E-state index contributed by atoms with van der Waals surface area (Å²) >= 11 is 0. The number of fused-ring (bicyclic) bond motifs is 1. The Kier molecular flexibility index (Phi) is 7.25. The van der Waals surface area contributed by atoms with Crippen LogP contribution in [0, 0.1) is 0 Å². The highest BCUT2D eigenvalue weighted by atomic mass is 16.5. The van der Waals surface area contributed by atoms with E-state index in [2.05, 4.69) is 28.6 Å².